The second kappa shape index (κ2) is 8.16. The molecule has 1 unspecified atom stereocenters. The number of nitrogens with zero attached hydrogens (tertiary/aromatic N) is 2. The Hall–Kier alpha value is -2.96. The van der Waals surface area contributed by atoms with Crippen molar-refractivity contribution in [3.63, 3.8) is 0 Å². The van der Waals surface area contributed by atoms with Gasteiger partial charge in [0.2, 0.25) is 11.6 Å². The molecule has 2 heterocycles. The molecule has 0 saturated carbocycles. The number of carbonyl (C=O) groups excluding carboxylic acids is 1. The van der Waals surface area contributed by atoms with E-state index in [1.165, 1.54) is 14.2 Å². The van der Waals surface area contributed by atoms with Gasteiger partial charge in [0.25, 0.3) is 5.91 Å². The summed E-state index contributed by atoms with van der Waals surface area (Å²) in [5, 5.41) is 0. The maximum atomic E-state index is 13.0. The van der Waals surface area contributed by atoms with Gasteiger partial charge >= 0.3 is 0 Å². The van der Waals surface area contributed by atoms with Crippen LogP contribution in [0.2, 0.25) is 0 Å². The zero-order chi connectivity index (χ0) is 19.4. The van der Waals surface area contributed by atoms with Crippen LogP contribution in [-0.4, -0.2) is 56.3 Å². The third-order valence-electron chi connectivity index (χ3n) is 4.52. The summed E-state index contributed by atoms with van der Waals surface area (Å²) in [5.74, 6) is 1.74. The summed E-state index contributed by atoms with van der Waals surface area (Å²) in [5.41, 5.74) is 1.33. The summed E-state index contributed by atoms with van der Waals surface area (Å²) in [4.78, 5) is 19.1. The quantitative estimate of drug-likeness (QED) is 0.777. The van der Waals surface area contributed by atoms with Crippen LogP contribution in [0.4, 0.5) is 0 Å². The molecule has 2 aromatic rings. The number of hydrogen-bond acceptors (Lipinski definition) is 6. The van der Waals surface area contributed by atoms with Gasteiger partial charge in [-0.05, 0) is 25.1 Å². The maximum Gasteiger partial charge on any atom is 0.257 e. The zero-order valence-corrected chi connectivity index (χ0v) is 16.0. The highest BCUT2D eigenvalue weighted by Gasteiger charge is 2.31. The van der Waals surface area contributed by atoms with Crippen LogP contribution in [0.5, 0.6) is 23.1 Å². The van der Waals surface area contributed by atoms with E-state index in [-0.39, 0.29) is 12.0 Å². The van der Waals surface area contributed by atoms with Gasteiger partial charge in [0.05, 0.1) is 33.4 Å². The molecule has 1 atom stereocenters. The highest BCUT2D eigenvalue weighted by Crippen LogP contribution is 2.40. The number of amides is 1. The van der Waals surface area contributed by atoms with E-state index in [9.17, 15) is 4.79 Å². The minimum Gasteiger partial charge on any atom is -0.493 e. The van der Waals surface area contributed by atoms with E-state index in [1.807, 2.05) is 25.1 Å². The van der Waals surface area contributed by atoms with Crippen molar-refractivity contribution in [1.29, 1.82) is 0 Å². The van der Waals surface area contributed by atoms with E-state index in [0.717, 1.165) is 12.1 Å². The van der Waals surface area contributed by atoms with Gasteiger partial charge < -0.3 is 23.8 Å². The molecule has 3 rings (SSSR count). The number of methoxy groups -OCH3 is 3. The maximum absolute atomic E-state index is 13.0. The van der Waals surface area contributed by atoms with Gasteiger partial charge in [-0.2, -0.15) is 0 Å². The molecular weight excluding hydrogens is 348 g/mol. The van der Waals surface area contributed by atoms with Crippen LogP contribution in [0, 0.1) is 6.92 Å². The monoisotopic (exact) mass is 372 g/mol. The Morgan fingerprint density at radius 1 is 1.07 bits per heavy atom. The molecule has 27 heavy (non-hydrogen) atoms. The molecular formula is C20H24N2O5. The fraction of sp³-hybridized carbons (Fsp3) is 0.400. The predicted octanol–water partition coefficient (Wildman–Crippen LogP) is 2.71. The molecule has 7 nitrogen and oxygen atoms in total. The van der Waals surface area contributed by atoms with Crippen LogP contribution in [-0.2, 0) is 0 Å². The lowest BCUT2D eigenvalue weighted by Gasteiger charge is -2.20. The second-order valence-electron chi connectivity index (χ2n) is 6.28. The van der Waals surface area contributed by atoms with Gasteiger partial charge in [-0.1, -0.05) is 6.07 Å². The van der Waals surface area contributed by atoms with Crippen LogP contribution >= 0.6 is 0 Å². The molecule has 1 aromatic heterocycles. The fourth-order valence-corrected chi connectivity index (χ4v) is 3.20. The van der Waals surface area contributed by atoms with Gasteiger partial charge in [0, 0.05) is 24.7 Å². The topological polar surface area (TPSA) is 70.1 Å². The molecule has 1 amide bonds. The summed E-state index contributed by atoms with van der Waals surface area (Å²) in [6.07, 6.45) is 0.658. The van der Waals surface area contributed by atoms with Crippen LogP contribution in [0.3, 0.4) is 0 Å². The van der Waals surface area contributed by atoms with E-state index < -0.39 is 0 Å². The molecule has 1 aliphatic heterocycles. The van der Waals surface area contributed by atoms with Crippen LogP contribution in [0.15, 0.2) is 30.3 Å². The summed E-state index contributed by atoms with van der Waals surface area (Å²) < 4.78 is 22.0. The predicted molar refractivity (Wildman–Crippen MR) is 100 cm³/mol. The van der Waals surface area contributed by atoms with E-state index >= 15 is 0 Å². The van der Waals surface area contributed by atoms with Crippen molar-refractivity contribution in [3.05, 3.63) is 41.6 Å². The molecule has 1 aliphatic rings. The molecule has 0 radical (unpaired) electrons. The lowest BCUT2D eigenvalue weighted by molar-refractivity contribution is 0.0767. The first-order valence-corrected chi connectivity index (χ1v) is 8.76. The van der Waals surface area contributed by atoms with Crippen molar-refractivity contribution in [3.8, 4) is 23.1 Å². The smallest absolute Gasteiger partial charge is 0.257 e. The highest BCUT2D eigenvalue weighted by atomic mass is 16.5. The van der Waals surface area contributed by atoms with E-state index in [1.54, 1.807) is 24.1 Å². The SMILES string of the molecule is COc1ccc(C(=O)N2CCC(Oc3cccc(C)n3)C2)c(OC)c1OC. The van der Waals surface area contributed by atoms with Gasteiger partial charge in [0.15, 0.2) is 11.5 Å². The van der Waals surface area contributed by atoms with Crippen LogP contribution < -0.4 is 18.9 Å². The second-order valence-corrected chi connectivity index (χ2v) is 6.28. The minimum atomic E-state index is -0.129. The average molecular weight is 372 g/mol. The standard InChI is InChI=1S/C20H24N2O5/c1-13-6-5-7-17(21-13)27-14-10-11-22(12-14)20(23)15-8-9-16(24-2)19(26-4)18(15)25-3/h5-9,14H,10-12H2,1-4H3. The van der Waals surface area contributed by atoms with Gasteiger partial charge in [0.1, 0.15) is 6.10 Å². The Kier molecular flexibility index (Phi) is 5.69. The Morgan fingerprint density at radius 2 is 1.85 bits per heavy atom. The number of ether oxygens (including phenoxy) is 4. The van der Waals surface area contributed by atoms with Crippen molar-refractivity contribution in [2.75, 3.05) is 34.4 Å². The van der Waals surface area contributed by atoms with Gasteiger partial charge in [-0.25, -0.2) is 4.98 Å². The third-order valence-corrected chi connectivity index (χ3v) is 4.52. The first-order chi connectivity index (χ1) is 13.1. The summed E-state index contributed by atoms with van der Waals surface area (Å²) in [6.45, 7) is 3.01. The molecule has 0 bridgehead atoms. The lowest BCUT2D eigenvalue weighted by Crippen LogP contribution is -2.31. The fourth-order valence-electron chi connectivity index (χ4n) is 3.20. The first kappa shape index (κ1) is 18.8. The first-order valence-electron chi connectivity index (χ1n) is 8.76. The van der Waals surface area contributed by atoms with Crippen LogP contribution in [0.25, 0.3) is 0 Å². The number of pyridine rings is 1. The van der Waals surface area contributed by atoms with Crippen molar-refractivity contribution >= 4 is 5.91 Å². The zero-order valence-electron chi connectivity index (χ0n) is 16.0. The average Bonchev–Trinajstić information content (AvgIpc) is 3.14. The number of likely N-dealkylation sites (tertiary alicyclic amines) is 1. The summed E-state index contributed by atoms with van der Waals surface area (Å²) in [6, 6.07) is 9.05. The minimum absolute atomic E-state index is 0.0885. The van der Waals surface area contributed by atoms with E-state index in [4.69, 9.17) is 18.9 Å². The van der Waals surface area contributed by atoms with Crippen molar-refractivity contribution in [2.24, 2.45) is 0 Å². The Morgan fingerprint density at radius 3 is 2.52 bits per heavy atom. The Labute approximate surface area is 158 Å². The molecule has 1 fully saturated rings. The van der Waals surface area contributed by atoms with Crippen molar-refractivity contribution in [2.45, 2.75) is 19.4 Å². The molecule has 0 aliphatic carbocycles. The van der Waals surface area contributed by atoms with Crippen molar-refractivity contribution in [1.82, 2.24) is 9.88 Å². The molecule has 1 saturated heterocycles. The van der Waals surface area contributed by atoms with Gasteiger partial charge in [-0.3, -0.25) is 4.79 Å². The number of aryl methyl sites for hydroxylation is 1. The number of hydrogen-bond donors (Lipinski definition) is 0. The molecule has 7 heteroatoms. The highest BCUT2D eigenvalue weighted by molar-refractivity contribution is 5.98. The third kappa shape index (κ3) is 3.92. The van der Waals surface area contributed by atoms with Gasteiger partial charge in [-0.15, -0.1) is 0 Å². The summed E-state index contributed by atoms with van der Waals surface area (Å²) in [7, 11) is 4.57. The number of rotatable bonds is 6. The van der Waals surface area contributed by atoms with E-state index in [2.05, 4.69) is 4.98 Å². The number of benzene rings is 1. The van der Waals surface area contributed by atoms with Crippen molar-refractivity contribution < 1.29 is 23.7 Å². The summed E-state index contributed by atoms with van der Waals surface area (Å²) >= 11 is 0. The largest absolute Gasteiger partial charge is 0.493 e. The molecule has 1 aromatic carbocycles. The molecule has 0 N–H and O–H groups in total. The number of aromatic nitrogens is 1. The molecule has 144 valence electrons. The van der Waals surface area contributed by atoms with Crippen LogP contribution in [0.1, 0.15) is 22.5 Å². The van der Waals surface area contributed by atoms with E-state index in [0.29, 0.717) is 41.8 Å². The number of carbonyl (C=O) groups is 1. The molecule has 0 spiro atoms. The Bertz CT molecular complexity index is 824. The normalized spacial score (nSPS) is 16.1. The Balaban J connectivity index is 1.75. The lowest BCUT2D eigenvalue weighted by atomic mass is 10.1.